The van der Waals surface area contributed by atoms with Crippen molar-refractivity contribution in [2.24, 2.45) is 5.73 Å². The summed E-state index contributed by atoms with van der Waals surface area (Å²) in [6, 6.07) is 3.55. The molecule has 4 nitrogen and oxygen atoms in total. The molecule has 5 heteroatoms. The summed E-state index contributed by atoms with van der Waals surface area (Å²) < 4.78 is 0.732. The second-order valence-electron chi connectivity index (χ2n) is 3.69. The Hall–Kier alpha value is -0.940. The predicted octanol–water partition coefficient (Wildman–Crippen LogP) is 2.30. The van der Waals surface area contributed by atoms with Gasteiger partial charge in [0.15, 0.2) is 0 Å². The van der Waals surface area contributed by atoms with Crippen LogP contribution in [0.1, 0.15) is 26.7 Å². The van der Waals surface area contributed by atoms with E-state index in [1.165, 1.54) is 0 Å². The van der Waals surface area contributed by atoms with Crippen molar-refractivity contribution in [3.8, 4) is 0 Å². The lowest BCUT2D eigenvalue weighted by Gasteiger charge is -2.25. The van der Waals surface area contributed by atoms with E-state index >= 15 is 0 Å². The fourth-order valence-corrected chi connectivity index (χ4v) is 1.51. The molecule has 88 valence electrons. The molecule has 0 atom stereocenters. The number of nitrogens with zero attached hydrogens (tertiary/aromatic N) is 1. The number of nitrogens with two attached hydrogens (primary N) is 1. The van der Waals surface area contributed by atoms with Crippen molar-refractivity contribution in [2.45, 2.75) is 32.2 Å². The third-order valence-electron chi connectivity index (χ3n) is 2.70. The second-order valence-corrected chi connectivity index (χ2v) is 4.50. The molecule has 0 aliphatic carbocycles. The van der Waals surface area contributed by atoms with Crippen molar-refractivity contribution in [1.29, 1.82) is 0 Å². The van der Waals surface area contributed by atoms with Gasteiger partial charge in [-0.25, -0.2) is 4.98 Å². The number of nitrogens with one attached hydrogen (secondary N) is 1. The molecule has 0 aliphatic heterocycles. The maximum absolute atomic E-state index is 11.9. The van der Waals surface area contributed by atoms with Gasteiger partial charge in [-0.2, -0.15) is 0 Å². The summed E-state index contributed by atoms with van der Waals surface area (Å²) in [5.74, 6) is -0.165. The Labute approximate surface area is 104 Å². The van der Waals surface area contributed by atoms with Gasteiger partial charge in [-0.15, -0.1) is 0 Å². The number of amides is 1. The highest BCUT2D eigenvalue weighted by Gasteiger charge is 2.29. The Morgan fingerprint density at radius 1 is 1.50 bits per heavy atom. The zero-order chi connectivity index (χ0) is 12.2. The van der Waals surface area contributed by atoms with E-state index in [-0.39, 0.29) is 5.91 Å². The van der Waals surface area contributed by atoms with Gasteiger partial charge >= 0.3 is 0 Å². The SMILES string of the molecule is CCC(N)(CC)C(=O)Nc1ccc(Br)nc1. The maximum atomic E-state index is 11.9. The molecule has 16 heavy (non-hydrogen) atoms. The van der Waals surface area contributed by atoms with Crippen LogP contribution in [0.15, 0.2) is 22.9 Å². The van der Waals surface area contributed by atoms with Crippen LogP contribution in [0.5, 0.6) is 0 Å². The number of pyridine rings is 1. The number of aromatic nitrogens is 1. The smallest absolute Gasteiger partial charge is 0.244 e. The van der Waals surface area contributed by atoms with Gasteiger partial charge in [0.2, 0.25) is 5.91 Å². The first-order valence-electron chi connectivity index (χ1n) is 5.23. The third kappa shape index (κ3) is 3.02. The highest BCUT2D eigenvalue weighted by Crippen LogP contribution is 2.16. The molecule has 0 aliphatic rings. The van der Waals surface area contributed by atoms with Crippen LogP contribution in [0.25, 0.3) is 0 Å². The standard InChI is InChI=1S/C11H16BrN3O/c1-3-11(13,4-2)10(16)15-8-5-6-9(12)14-7-8/h5-7H,3-4,13H2,1-2H3,(H,15,16). The molecule has 1 heterocycles. The molecule has 1 amide bonds. The van der Waals surface area contributed by atoms with E-state index < -0.39 is 5.54 Å². The summed E-state index contributed by atoms with van der Waals surface area (Å²) in [6.45, 7) is 3.81. The number of halogens is 1. The van der Waals surface area contributed by atoms with Crippen LogP contribution in [0.2, 0.25) is 0 Å². The van der Waals surface area contributed by atoms with Crippen molar-refractivity contribution in [1.82, 2.24) is 4.98 Å². The van der Waals surface area contributed by atoms with E-state index in [4.69, 9.17) is 5.73 Å². The lowest BCUT2D eigenvalue weighted by atomic mass is 9.93. The molecule has 0 spiro atoms. The molecule has 0 fully saturated rings. The molecule has 0 aromatic carbocycles. The molecule has 0 saturated heterocycles. The van der Waals surface area contributed by atoms with E-state index in [0.29, 0.717) is 18.5 Å². The van der Waals surface area contributed by atoms with Crippen LogP contribution in [0.4, 0.5) is 5.69 Å². The number of carbonyl (C=O) groups is 1. The quantitative estimate of drug-likeness (QED) is 0.834. The van der Waals surface area contributed by atoms with Gasteiger partial charge in [0.05, 0.1) is 17.4 Å². The first-order chi connectivity index (χ1) is 7.51. The van der Waals surface area contributed by atoms with E-state index in [9.17, 15) is 4.79 Å². The van der Waals surface area contributed by atoms with Crippen molar-refractivity contribution in [3.05, 3.63) is 22.9 Å². The summed E-state index contributed by atoms with van der Waals surface area (Å²) in [4.78, 5) is 15.9. The van der Waals surface area contributed by atoms with Crippen LogP contribution in [-0.2, 0) is 4.79 Å². The Bertz CT molecular complexity index is 360. The van der Waals surface area contributed by atoms with E-state index in [0.717, 1.165) is 4.60 Å². The topological polar surface area (TPSA) is 68.0 Å². The Morgan fingerprint density at radius 3 is 2.56 bits per heavy atom. The minimum absolute atomic E-state index is 0.165. The fraction of sp³-hybridized carbons (Fsp3) is 0.455. The van der Waals surface area contributed by atoms with Crippen LogP contribution >= 0.6 is 15.9 Å². The molecular weight excluding hydrogens is 270 g/mol. The van der Waals surface area contributed by atoms with E-state index in [1.54, 1.807) is 18.3 Å². The monoisotopic (exact) mass is 285 g/mol. The summed E-state index contributed by atoms with van der Waals surface area (Å²) in [6.07, 6.45) is 2.81. The normalized spacial score (nSPS) is 11.2. The average Bonchev–Trinajstić information content (AvgIpc) is 2.31. The Morgan fingerprint density at radius 2 is 2.12 bits per heavy atom. The van der Waals surface area contributed by atoms with Gasteiger partial charge in [-0.05, 0) is 40.9 Å². The first-order valence-corrected chi connectivity index (χ1v) is 6.03. The van der Waals surface area contributed by atoms with Crippen LogP contribution in [0.3, 0.4) is 0 Å². The van der Waals surface area contributed by atoms with Crippen LogP contribution < -0.4 is 11.1 Å². The first kappa shape index (κ1) is 13.1. The van der Waals surface area contributed by atoms with E-state index in [2.05, 4.69) is 26.2 Å². The Balaban J connectivity index is 2.74. The minimum Gasteiger partial charge on any atom is -0.323 e. The minimum atomic E-state index is -0.799. The van der Waals surface area contributed by atoms with Gasteiger partial charge in [0.1, 0.15) is 4.60 Å². The third-order valence-corrected chi connectivity index (χ3v) is 3.17. The zero-order valence-electron chi connectivity index (χ0n) is 9.46. The Kier molecular flexibility index (Phi) is 4.44. The van der Waals surface area contributed by atoms with Gasteiger partial charge in [0, 0.05) is 0 Å². The fourth-order valence-electron chi connectivity index (χ4n) is 1.28. The molecule has 0 radical (unpaired) electrons. The van der Waals surface area contributed by atoms with Gasteiger partial charge in [0.25, 0.3) is 0 Å². The second kappa shape index (κ2) is 5.41. The molecule has 1 aromatic heterocycles. The van der Waals surface area contributed by atoms with Gasteiger partial charge in [-0.3, -0.25) is 4.79 Å². The highest BCUT2D eigenvalue weighted by atomic mass is 79.9. The predicted molar refractivity (Wildman–Crippen MR) is 68.1 cm³/mol. The van der Waals surface area contributed by atoms with Crippen LogP contribution in [-0.4, -0.2) is 16.4 Å². The average molecular weight is 286 g/mol. The van der Waals surface area contributed by atoms with Crippen molar-refractivity contribution in [3.63, 3.8) is 0 Å². The van der Waals surface area contributed by atoms with Crippen molar-refractivity contribution < 1.29 is 4.79 Å². The van der Waals surface area contributed by atoms with Crippen LogP contribution in [0, 0.1) is 0 Å². The number of anilines is 1. The summed E-state index contributed by atoms with van der Waals surface area (Å²) in [7, 11) is 0. The zero-order valence-corrected chi connectivity index (χ0v) is 11.0. The van der Waals surface area contributed by atoms with Crippen molar-refractivity contribution >= 4 is 27.5 Å². The number of rotatable bonds is 4. The maximum Gasteiger partial charge on any atom is 0.244 e. The lowest BCUT2D eigenvalue weighted by Crippen LogP contribution is -2.50. The molecule has 3 N–H and O–H groups in total. The molecule has 1 aromatic rings. The molecule has 0 unspecified atom stereocenters. The molecule has 0 bridgehead atoms. The highest BCUT2D eigenvalue weighted by molar-refractivity contribution is 9.10. The largest absolute Gasteiger partial charge is 0.323 e. The number of hydrogen-bond donors (Lipinski definition) is 2. The summed E-state index contributed by atoms with van der Waals surface area (Å²) >= 11 is 3.23. The lowest BCUT2D eigenvalue weighted by molar-refractivity contribution is -0.121. The van der Waals surface area contributed by atoms with Crippen molar-refractivity contribution in [2.75, 3.05) is 5.32 Å². The van der Waals surface area contributed by atoms with Gasteiger partial charge in [-0.1, -0.05) is 13.8 Å². The van der Waals surface area contributed by atoms with E-state index in [1.807, 2.05) is 13.8 Å². The number of carbonyl (C=O) groups excluding carboxylic acids is 1. The molecular formula is C11H16BrN3O. The van der Waals surface area contributed by atoms with Gasteiger partial charge < -0.3 is 11.1 Å². The molecule has 0 saturated carbocycles. The summed E-state index contributed by atoms with van der Waals surface area (Å²) in [5, 5.41) is 2.76. The summed E-state index contributed by atoms with van der Waals surface area (Å²) in [5.41, 5.74) is 5.83. The number of hydrogen-bond acceptors (Lipinski definition) is 3. The molecule has 1 rings (SSSR count).